The monoisotopic (exact) mass is 311 g/mol. The van der Waals surface area contributed by atoms with Gasteiger partial charge in [-0.1, -0.05) is 16.4 Å². The first-order valence-corrected chi connectivity index (χ1v) is 7.67. The fourth-order valence-electron chi connectivity index (χ4n) is 2.73. The molecular formula is C18H21N3O2. The molecular weight excluding hydrogens is 290 g/mol. The van der Waals surface area contributed by atoms with Crippen LogP contribution in [0.25, 0.3) is 0 Å². The molecule has 3 aromatic rings. The molecule has 2 aromatic heterocycles. The topological polar surface area (TPSA) is 55.3 Å². The molecule has 2 heterocycles. The minimum absolute atomic E-state index is 0.628. The van der Waals surface area contributed by atoms with Crippen LogP contribution in [0.15, 0.2) is 39.4 Å². The number of anilines is 1. The van der Waals surface area contributed by atoms with Gasteiger partial charge >= 0.3 is 0 Å². The molecule has 0 aliphatic carbocycles. The molecule has 23 heavy (non-hydrogen) atoms. The molecule has 0 N–H and O–H groups in total. The van der Waals surface area contributed by atoms with E-state index in [-0.39, 0.29) is 0 Å². The van der Waals surface area contributed by atoms with E-state index < -0.39 is 0 Å². The van der Waals surface area contributed by atoms with Crippen molar-refractivity contribution < 1.29 is 9.05 Å². The average molecular weight is 311 g/mol. The first-order valence-electron chi connectivity index (χ1n) is 7.67. The van der Waals surface area contributed by atoms with Gasteiger partial charge in [0.25, 0.3) is 0 Å². The van der Waals surface area contributed by atoms with Crippen molar-refractivity contribution in [2.24, 2.45) is 0 Å². The van der Waals surface area contributed by atoms with Gasteiger partial charge in [-0.15, -0.1) is 0 Å². The molecule has 0 bridgehead atoms. The Morgan fingerprint density at radius 1 is 0.739 bits per heavy atom. The minimum Gasteiger partial charge on any atom is -0.359 e. The van der Waals surface area contributed by atoms with Crippen molar-refractivity contribution in [3.8, 4) is 0 Å². The van der Waals surface area contributed by atoms with Crippen LogP contribution in [0.5, 0.6) is 0 Å². The Kier molecular flexibility index (Phi) is 4.19. The van der Waals surface area contributed by atoms with Crippen LogP contribution in [-0.4, -0.2) is 10.3 Å². The van der Waals surface area contributed by atoms with Gasteiger partial charge in [-0.2, -0.15) is 0 Å². The smallest absolute Gasteiger partial charge is 0.156 e. The Morgan fingerprint density at radius 3 is 1.61 bits per heavy atom. The number of hydrogen-bond donors (Lipinski definition) is 0. The predicted octanol–water partition coefficient (Wildman–Crippen LogP) is 4.10. The summed E-state index contributed by atoms with van der Waals surface area (Å²) in [6, 6.07) is 10.4. The van der Waals surface area contributed by atoms with Crippen molar-refractivity contribution in [3.63, 3.8) is 0 Å². The molecule has 0 atom stereocenters. The second-order valence-electron chi connectivity index (χ2n) is 6.07. The van der Waals surface area contributed by atoms with Crippen LogP contribution in [0.4, 0.5) is 5.69 Å². The van der Waals surface area contributed by atoms with Crippen LogP contribution >= 0.6 is 0 Å². The molecule has 0 unspecified atom stereocenters. The Bertz CT molecular complexity index is 742. The molecule has 0 aliphatic rings. The Labute approximate surface area is 135 Å². The maximum Gasteiger partial charge on any atom is 0.156 e. The van der Waals surface area contributed by atoms with E-state index in [0.717, 1.165) is 28.6 Å². The summed E-state index contributed by atoms with van der Waals surface area (Å²) < 4.78 is 10.8. The van der Waals surface area contributed by atoms with Crippen molar-refractivity contribution in [2.75, 3.05) is 4.90 Å². The van der Waals surface area contributed by atoms with Crippen LogP contribution in [-0.2, 0) is 13.1 Å². The van der Waals surface area contributed by atoms with Crippen molar-refractivity contribution in [2.45, 2.75) is 40.8 Å². The van der Waals surface area contributed by atoms with Gasteiger partial charge < -0.3 is 13.9 Å². The summed E-state index contributed by atoms with van der Waals surface area (Å²) in [7, 11) is 0. The fraction of sp³-hybridized carbons (Fsp3) is 0.333. The molecule has 5 heteroatoms. The zero-order valence-electron chi connectivity index (χ0n) is 14.0. The first-order chi connectivity index (χ1) is 11.0. The SMILES string of the molecule is Cc1cc(C)cc(N(Cc2cc(C)no2)Cc2cc(C)no2)c1. The van der Waals surface area contributed by atoms with E-state index in [1.807, 2.05) is 26.0 Å². The molecule has 0 spiro atoms. The molecule has 0 saturated heterocycles. The van der Waals surface area contributed by atoms with E-state index in [0.29, 0.717) is 13.1 Å². The second kappa shape index (κ2) is 6.28. The van der Waals surface area contributed by atoms with Gasteiger partial charge in [0.15, 0.2) is 11.5 Å². The summed E-state index contributed by atoms with van der Waals surface area (Å²) in [5.41, 5.74) is 5.36. The van der Waals surface area contributed by atoms with Crippen molar-refractivity contribution >= 4 is 5.69 Å². The first kappa shape index (κ1) is 15.3. The minimum atomic E-state index is 0.628. The van der Waals surface area contributed by atoms with Gasteiger partial charge in [0.05, 0.1) is 24.5 Å². The van der Waals surface area contributed by atoms with Crippen molar-refractivity contribution in [1.82, 2.24) is 10.3 Å². The Balaban J connectivity index is 1.91. The average Bonchev–Trinajstić information content (AvgIpc) is 3.06. The lowest BCUT2D eigenvalue weighted by atomic mass is 10.1. The number of aryl methyl sites for hydroxylation is 4. The van der Waals surface area contributed by atoms with Crippen molar-refractivity contribution in [1.29, 1.82) is 0 Å². The number of benzene rings is 1. The Morgan fingerprint density at radius 2 is 1.22 bits per heavy atom. The summed E-state index contributed by atoms with van der Waals surface area (Å²) in [4.78, 5) is 2.21. The standard InChI is InChI=1S/C18H21N3O2/c1-12-5-13(2)7-16(6-12)21(10-17-8-14(3)19-22-17)11-18-9-15(4)20-23-18/h5-9H,10-11H2,1-4H3. The number of hydrogen-bond acceptors (Lipinski definition) is 5. The molecule has 0 saturated carbocycles. The molecule has 3 rings (SSSR count). The van der Waals surface area contributed by atoms with E-state index in [1.165, 1.54) is 11.1 Å². The zero-order chi connectivity index (χ0) is 16.4. The fourth-order valence-corrected chi connectivity index (χ4v) is 2.73. The highest BCUT2D eigenvalue weighted by Crippen LogP contribution is 2.23. The van der Waals surface area contributed by atoms with E-state index in [4.69, 9.17) is 9.05 Å². The summed E-state index contributed by atoms with van der Waals surface area (Å²) in [6.07, 6.45) is 0. The number of rotatable bonds is 5. The van der Waals surface area contributed by atoms with Crippen LogP contribution in [0.3, 0.4) is 0 Å². The van der Waals surface area contributed by atoms with Crippen LogP contribution in [0.1, 0.15) is 34.0 Å². The molecule has 0 aliphatic heterocycles. The second-order valence-corrected chi connectivity index (χ2v) is 6.07. The predicted molar refractivity (Wildman–Crippen MR) is 88.3 cm³/mol. The van der Waals surface area contributed by atoms with Gasteiger partial charge in [-0.3, -0.25) is 0 Å². The molecule has 0 radical (unpaired) electrons. The summed E-state index contributed by atoms with van der Waals surface area (Å²) in [6.45, 7) is 9.31. The van der Waals surface area contributed by atoms with Gasteiger partial charge in [0.2, 0.25) is 0 Å². The van der Waals surface area contributed by atoms with Crippen LogP contribution in [0, 0.1) is 27.7 Å². The van der Waals surface area contributed by atoms with E-state index >= 15 is 0 Å². The van der Waals surface area contributed by atoms with E-state index in [2.05, 4.69) is 47.3 Å². The maximum absolute atomic E-state index is 5.38. The van der Waals surface area contributed by atoms with Gasteiger partial charge in [0, 0.05) is 17.8 Å². The third-order valence-electron chi connectivity index (χ3n) is 3.62. The highest BCUT2D eigenvalue weighted by atomic mass is 16.5. The lowest BCUT2D eigenvalue weighted by Gasteiger charge is -2.23. The van der Waals surface area contributed by atoms with Gasteiger partial charge in [-0.05, 0) is 51.0 Å². The number of nitrogens with zero attached hydrogens (tertiary/aromatic N) is 3. The zero-order valence-corrected chi connectivity index (χ0v) is 14.0. The lowest BCUT2D eigenvalue weighted by molar-refractivity contribution is 0.362. The van der Waals surface area contributed by atoms with Crippen LogP contribution < -0.4 is 4.90 Å². The summed E-state index contributed by atoms with van der Waals surface area (Å²) >= 11 is 0. The maximum atomic E-state index is 5.38. The largest absolute Gasteiger partial charge is 0.359 e. The van der Waals surface area contributed by atoms with E-state index in [1.54, 1.807) is 0 Å². The quantitative estimate of drug-likeness (QED) is 0.710. The summed E-state index contributed by atoms with van der Waals surface area (Å²) in [5.74, 6) is 1.66. The lowest BCUT2D eigenvalue weighted by Crippen LogP contribution is -2.21. The Hall–Kier alpha value is -2.56. The van der Waals surface area contributed by atoms with Gasteiger partial charge in [-0.25, -0.2) is 0 Å². The number of aromatic nitrogens is 2. The highest BCUT2D eigenvalue weighted by Gasteiger charge is 2.14. The molecule has 5 nitrogen and oxygen atoms in total. The molecule has 0 fully saturated rings. The molecule has 0 amide bonds. The van der Waals surface area contributed by atoms with Crippen molar-refractivity contribution in [3.05, 3.63) is 64.4 Å². The van der Waals surface area contributed by atoms with E-state index in [9.17, 15) is 0 Å². The van der Waals surface area contributed by atoms with Gasteiger partial charge in [0.1, 0.15) is 0 Å². The third kappa shape index (κ3) is 3.80. The normalized spacial score (nSPS) is 11.0. The highest BCUT2D eigenvalue weighted by molar-refractivity contribution is 5.51. The molecule has 120 valence electrons. The third-order valence-corrected chi connectivity index (χ3v) is 3.62. The summed E-state index contributed by atoms with van der Waals surface area (Å²) in [5, 5.41) is 7.94. The van der Waals surface area contributed by atoms with Crippen LogP contribution in [0.2, 0.25) is 0 Å². The molecule has 1 aromatic carbocycles.